The predicted octanol–water partition coefficient (Wildman–Crippen LogP) is 2.01. The molecule has 1 aromatic heterocycles. The van der Waals surface area contributed by atoms with Gasteiger partial charge in [0.2, 0.25) is 0 Å². The maximum absolute atomic E-state index is 12.0. The minimum atomic E-state index is -0.570. The number of nitrogens with zero attached hydrogens (tertiary/aromatic N) is 3. The van der Waals surface area contributed by atoms with Crippen LogP contribution < -0.4 is 5.32 Å². The van der Waals surface area contributed by atoms with E-state index in [1.165, 1.54) is 0 Å². The van der Waals surface area contributed by atoms with E-state index in [0.29, 0.717) is 18.7 Å². The van der Waals surface area contributed by atoms with Crippen LogP contribution >= 0.6 is 0 Å². The third-order valence-corrected chi connectivity index (χ3v) is 3.23. The molecule has 1 heterocycles. The van der Waals surface area contributed by atoms with E-state index in [9.17, 15) is 9.90 Å². The average Bonchev–Trinajstić information content (AvgIpc) is 2.90. The van der Waals surface area contributed by atoms with Gasteiger partial charge in [-0.15, -0.1) is 0 Å². The third kappa shape index (κ3) is 4.32. The molecule has 2 N–H and O–H groups in total. The summed E-state index contributed by atoms with van der Waals surface area (Å²) in [4.78, 5) is 13.5. The van der Waals surface area contributed by atoms with E-state index in [1.807, 2.05) is 30.3 Å². The average molecular weight is 288 g/mol. The van der Waals surface area contributed by atoms with E-state index in [2.05, 4.69) is 10.4 Å². The molecule has 6 heteroatoms. The number of amides is 2. The fourth-order valence-corrected chi connectivity index (χ4v) is 1.96. The second kappa shape index (κ2) is 6.90. The number of aliphatic hydroxyl groups excluding tert-OH is 1. The van der Waals surface area contributed by atoms with Crippen LogP contribution in [-0.2, 0) is 7.05 Å². The molecule has 2 amide bonds. The first-order valence-corrected chi connectivity index (χ1v) is 6.80. The highest BCUT2D eigenvalue weighted by Crippen LogP contribution is 2.16. The van der Waals surface area contributed by atoms with Gasteiger partial charge in [0.05, 0.1) is 18.0 Å². The fraction of sp³-hybridized carbons (Fsp3) is 0.333. The molecule has 0 aliphatic rings. The second-order valence-corrected chi connectivity index (χ2v) is 4.97. The smallest absolute Gasteiger partial charge is 0.321 e. The molecule has 0 aliphatic heterocycles. The Morgan fingerprint density at radius 2 is 2.14 bits per heavy atom. The number of aromatic nitrogens is 2. The summed E-state index contributed by atoms with van der Waals surface area (Å²) in [6.45, 7) is 0.460. The SMILES string of the molecule is CN(CC[C@@H](O)c1ccccc1)C(=O)Nc1cnn(C)c1. The molecule has 2 rings (SSSR count). The Kier molecular flexibility index (Phi) is 4.94. The van der Waals surface area contributed by atoms with Crippen molar-refractivity contribution in [1.82, 2.24) is 14.7 Å². The van der Waals surface area contributed by atoms with E-state index in [0.717, 1.165) is 5.56 Å². The number of rotatable bonds is 5. The summed E-state index contributed by atoms with van der Waals surface area (Å²) in [5.74, 6) is 0. The van der Waals surface area contributed by atoms with Crippen molar-refractivity contribution in [1.29, 1.82) is 0 Å². The summed E-state index contributed by atoms with van der Waals surface area (Å²) < 4.78 is 1.62. The first-order chi connectivity index (χ1) is 10.1. The van der Waals surface area contributed by atoms with Gasteiger partial charge in [0.15, 0.2) is 0 Å². The van der Waals surface area contributed by atoms with Crippen LogP contribution in [0.5, 0.6) is 0 Å². The molecule has 1 atom stereocenters. The van der Waals surface area contributed by atoms with Crippen molar-refractivity contribution in [2.45, 2.75) is 12.5 Å². The molecule has 21 heavy (non-hydrogen) atoms. The monoisotopic (exact) mass is 288 g/mol. The van der Waals surface area contributed by atoms with E-state index in [1.54, 1.807) is 36.1 Å². The van der Waals surface area contributed by atoms with Gasteiger partial charge >= 0.3 is 6.03 Å². The lowest BCUT2D eigenvalue weighted by molar-refractivity contribution is 0.152. The largest absolute Gasteiger partial charge is 0.388 e. The molecule has 0 saturated heterocycles. The van der Waals surface area contributed by atoms with Gasteiger partial charge in [0.1, 0.15) is 0 Å². The Bertz CT molecular complexity index is 582. The Morgan fingerprint density at radius 3 is 2.76 bits per heavy atom. The van der Waals surface area contributed by atoms with Gasteiger partial charge in [-0.05, 0) is 12.0 Å². The first-order valence-electron chi connectivity index (χ1n) is 6.80. The molecule has 0 spiro atoms. The Morgan fingerprint density at radius 1 is 1.43 bits per heavy atom. The van der Waals surface area contributed by atoms with Crippen LogP contribution in [0.15, 0.2) is 42.7 Å². The predicted molar refractivity (Wildman–Crippen MR) is 80.9 cm³/mol. The standard InChI is InChI=1S/C15H20N4O2/c1-18(15(21)17-13-10-16-19(2)11-13)9-8-14(20)12-6-4-3-5-7-12/h3-7,10-11,14,20H,8-9H2,1-2H3,(H,17,21)/t14-/m1/s1. The van der Waals surface area contributed by atoms with Crippen molar-refractivity contribution in [3.63, 3.8) is 0 Å². The molecule has 0 saturated carbocycles. The first kappa shape index (κ1) is 15.1. The van der Waals surface area contributed by atoms with Crippen molar-refractivity contribution < 1.29 is 9.90 Å². The molecule has 0 bridgehead atoms. The molecule has 0 radical (unpaired) electrons. The van der Waals surface area contributed by atoms with Crippen LogP contribution in [0.25, 0.3) is 0 Å². The van der Waals surface area contributed by atoms with Crippen LogP contribution in [-0.4, -0.2) is 39.4 Å². The fourth-order valence-electron chi connectivity index (χ4n) is 1.96. The summed E-state index contributed by atoms with van der Waals surface area (Å²) >= 11 is 0. The number of urea groups is 1. The summed E-state index contributed by atoms with van der Waals surface area (Å²) in [5, 5.41) is 16.8. The minimum absolute atomic E-state index is 0.219. The van der Waals surface area contributed by atoms with E-state index >= 15 is 0 Å². The van der Waals surface area contributed by atoms with Crippen molar-refractivity contribution in [3.05, 3.63) is 48.3 Å². The van der Waals surface area contributed by atoms with Crippen LogP contribution in [0.4, 0.5) is 10.5 Å². The lowest BCUT2D eigenvalue weighted by Crippen LogP contribution is -2.32. The number of benzene rings is 1. The van der Waals surface area contributed by atoms with Gasteiger partial charge in [-0.2, -0.15) is 5.10 Å². The van der Waals surface area contributed by atoms with Crippen molar-refractivity contribution in [3.8, 4) is 0 Å². The van der Waals surface area contributed by atoms with Crippen molar-refractivity contribution in [2.75, 3.05) is 18.9 Å². The molecule has 0 fully saturated rings. The van der Waals surface area contributed by atoms with E-state index < -0.39 is 6.10 Å². The summed E-state index contributed by atoms with van der Waals surface area (Å²) in [7, 11) is 3.49. The van der Waals surface area contributed by atoms with Gasteiger partial charge in [-0.25, -0.2) is 4.79 Å². The van der Waals surface area contributed by atoms with Crippen LogP contribution in [0, 0.1) is 0 Å². The molecule has 6 nitrogen and oxygen atoms in total. The Balaban J connectivity index is 1.81. The maximum Gasteiger partial charge on any atom is 0.321 e. The normalized spacial score (nSPS) is 12.0. The van der Waals surface area contributed by atoms with Gasteiger partial charge < -0.3 is 15.3 Å². The number of carbonyl (C=O) groups excluding carboxylic acids is 1. The summed E-state index contributed by atoms with van der Waals surface area (Å²) in [6.07, 6.45) is 3.23. The van der Waals surface area contributed by atoms with Gasteiger partial charge in [-0.3, -0.25) is 4.68 Å². The third-order valence-electron chi connectivity index (χ3n) is 3.23. The second-order valence-electron chi connectivity index (χ2n) is 4.97. The number of aliphatic hydroxyl groups is 1. The molecule has 0 unspecified atom stereocenters. The van der Waals surface area contributed by atoms with Crippen LogP contribution in [0.3, 0.4) is 0 Å². The van der Waals surface area contributed by atoms with Gasteiger partial charge in [0, 0.05) is 26.8 Å². The lowest BCUT2D eigenvalue weighted by atomic mass is 10.1. The number of hydrogen-bond acceptors (Lipinski definition) is 3. The topological polar surface area (TPSA) is 70.4 Å². The molecule has 112 valence electrons. The highest BCUT2D eigenvalue weighted by atomic mass is 16.3. The zero-order chi connectivity index (χ0) is 15.2. The highest BCUT2D eigenvalue weighted by Gasteiger charge is 2.13. The molecular formula is C15H20N4O2. The van der Waals surface area contributed by atoms with E-state index in [4.69, 9.17) is 0 Å². The molecule has 2 aromatic rings. The molecular weight excluding hydrogens is 268 g/mol. The zero-order valence-electron chi connectivity index (χ0n) is 12.2. The van der Waals surface area contributed by atoms with Crippen LogP contribution in [0.2, 0.25) is 0 Å². The molecule has 1 aromatic carbocycles. The molecule has 0 aliphatic carbocycles. The summed E-state index contributed by atoms with van der Waals surface area (Å²) in [5.41, 5.74) is 1.51. The Hall–Kier alpha value is -2.34. The van der Waals surface area contributed by atoms with Gasteiger partial charge in [0.25, 0.3) is 0 Å². The number of anilines is 1. The van der Waals surface area contributed by atoms with Gasteiger partial charge in [-0.1, -0.05) is 30.3 Å². The van der Waals surface area contributed by atoms with Crippen LogP contribution in [0.1, 0.15) is 18.1 Å². The highest BCUT2D eigenvalue weighted by molar-refractivity contribution is 5.88. The maximum atomic E-state index is 12.0. The van der Waals surface area contributed by atoms with E-state index in [-0.39, 0.29) is 6.03 Å². The van der Waals surface area contributed by atoms with Crippen molar-refractivity contribution >= 4 is 11.7 Å². The quantitative estimate of drug-likeness (QED) is 0.884. The Labute approximate surface area is 124 Å². The number of hydrogen-bond donors (Lipinski definition) is 2. The number of carbonyl (C=O) groups is 1. The summed E-state index contributed by atoms with van der Waals surface area (Å²) in [6, 6.07) is 9.21. The zero-order valence-corrected chi connectivity index (χ0v) is 12.2. The number of aryl methyl sites for hydroxylation is 1. The number of nitrogens with one attached hydrogen (secondary N) is 1. The minimum Gasteiger partial charge on any atom is -0.388 e. The lowest BCUT2D eigenvalue weighted by Gasteiger charge is -2.19. The van der Waals surface area contributed by atoms with Crippen molar-refractivity contribution in [2.24, 2.45) is 7.05 Å².